The molecule has 1 heterocycles. The van der Waals surface area contributed by atoms with Gasteiger partial charge in [0.25, 0.3) is 0 Å². The topological polar surface area (TPSA) is 77.9 Å². The molecule has 0 aromatic carbocycles. The maximum Gasteiger partial charge on any atom is 0.394 e. The van der Waals surface area contributed by atoms with Gasteiger partial charge in [0.1, 0.15) is 0 Å². The highest BCUT2D eigenvalue weighted by molar-refractivity contribution is 5.84. The van der Waals surface area contributed by atoms with Gasteiger partial charge in [0, 0.05) is 27.1 Å². The van der Waals surface area contributed by atoms with E-state index in [0.29, 0.717) is 0 Å². The molecule has 1 aliphatic heterocycles. The third-order valence-corrected chi connectivity index (χ3v) is 3.32. The van der Waals surface area contributed by atoms with Crippen molar-refractivity contribution in [3.63, 3.8) is 0 Å². The summed E-state index contributed by atoms with van der Waals surface area (Å²) >= 11 is 0. The molecule has 1 rings (SSSR count). The van der Waals surface area contributed by atoms with Crippen LogP contribution >= 0.6 is 0 Å². The molecule has 0 bridgehead atoms. The first kappa shape index (κ1) is 16.3. The lowest BCUT2D eigenvalue weighted by Crippen LogP contribution is -2.40. The average molecular weight is 296 g/mol. The molecule has 9 heteroatoms. The maximum atomic E-state index is 12.7. The second-order valence-corrected chi connectivity index (χ2v) is 4.77. The van der Waals surface area contributed by atoms with Crippen LogP contribution in [-0.4, -0.2) is 65.5 Å². The molecular weight excluding hydrogens is 281 g/mol. The number of carbonyl (C=O) groups excluding carboxylic acids is 2. The highest BCUT2D eigenvalue weighted by atomic mass is 19.4. The van der Waals surface area contributed by atoms with E-state index in [-0.39, 0.29) is 6.54 Å². The van der Waals surface area contributed by atoms with Crippen LogP contribution in [0.1, 0.15) is 6.92 Å². The number of aliphatic carboxylic acids is 1. The van der Waals surface area contributed by atoms with Gasteiger partial charge in [-0.3, -0.25) is 14.4 Å². The van der Waals surface area contributed by atoms with Crippen LogP contribution in [0, 0.1) is 11.8 Å². The Hall–Kier alpha value is -1.80. The summed E-state index contributed by atoms with van der Waals surface area (Å²) in [5.74, 6) is -6.42. The van der Waals surface area contributed by atoms with E-state index in [2.05, 4.69) is 0 Å². The van der Waals surface area contributed by atoms with Gasteiger partial charge in [0.15, 0.2) is 0 Å². The largest absolute Gasteiger partial charge is 0.481 e. The molecule has 2 atom stereocenters. The fraction of sp³-hybridized carbons (Fsp3) is 0.727. The van der Waals surface area contributed by atoms with Crippen LogP contribution in [0.4, 0.5) is 13.2 Å². The quantitative estimate of drug-likeness (QED) is 0.806. The smallest absolute Gasteiger partial charge is 0.394 e. The van der Waals surface area contributed by atoms with Crippen LogP contribution in [0.15, 0.2) is 0 Å². The van der Waals surface area contributed by atoms with Crippen molar-refractivity contribution in [2.45, 2.75) is 13.1 Å². The molecule has 0 saturated carbocycles. The number of hydrogen-bond donors (Lipinski definition) is 1. The molecule has 0 spiro atoms. The highest BCUT2D eigenvalue weighted by Gasteiger charge is 2.53. The van der Waals surface area contributed by atoms with Crippen LogP contribution in [0.25, 0.3) is 0 Å². The van der Waals surface area contributed by atoms with Gasteiger partial charge < -0.3 is 14.9 Å². The lowest BCUT2D eigenvalue weighted by atomic mass is 9.96. The van der Waals surface area contributed by atoms with Gasteiger partial charge in [-0.15, -0.1) is 0 Å². The van der Waals surface area contributed by atoms with Crippen molar-refractivity contribution in [2.24, 2.45) is 11.8 Å². The van der Waals surface area contributed by atoms with E-state index >= 15 is 0 Å². The van der Waals surface area contributed by atoms with E-state index in [0.717, 1.165) is 9.80 Å². The first-order valence-corrected chi connectivity index (χ1v) is 5.83. The van der Waals surface area contributed by atoms with Gasteiger partial charge in [-0.25, -0.2) is 0 Å². The average Bonchev–Trinajstić information content (AvgIpc) is 2.72. The third-order valence-electron chi connectivity index (χ3n) is 3.32. The van der Waals surface area contributed by atoms with Crippen molar-refractivity contribution in [1.82, 2.24) is 9.80 Å². The molecular formula is C11H15F3N2O4. The summed E-state index contributed by atoms with van der Waals surface area (Å²) in [6.45, 7) is -0.336. The van der Waals surface area contributed by atoms with Crippen LogP contribution in [0.2, 0.25) is 0 Å². The number of carbonyl (C=O) groups is 3. The minimum Gasteiger partial charge on any atom is -0.481 e. The molecule has 20 heavy (non-hydrogen) atoms. The van der Waals surface area contributed by atoms with Crippen LogP contribution < -0.4 is 0 Å². The standard InChI is InChI=1S/C11H15F3N2O4/c1-6(17)15(2)5-9(18)16-3-7(10(19)20)8(4-16)11(12,13)14/h7-8H,3-5H2,1-2H3,(H,19,20)/t7-,8-/m1/s1. The van der Waals surface area contributed by atoms with Gasteiger partial charge >= 0.3 is 12.1 Å². The number of halogens is 3. The number of likely N-dealkylation sites (N-methyl/N-ethyl adjacent to an activating group) is 1. The summed E-state index contributed by atoms with van der Waals surface area (Å²) in [7, 11) is 1.34. The number of hydrogen-bond acceptors (Lipinski definition) is 3. The molecule has 0 unspecified atom stereocenters. The Kier molecular flexibility index (Phi) is 4.61. The number of likely N-dealkylation sites (tertiary alicyclic amines) is 1. The molecule has 1 N–H and O–H groups in total. The van der Waals surface area contributed by atoms with Crippen LogP contribution in [-0.2, 0) is 14.4 Å². The fourth-order valence-corrected chi connectivity index (χ4v) is 2.00. The number of rotatable bonds is 3. The molecule has 0 aliphatic carbocycles. The van der Waals surface area contributed by atoms with E-state index in [1.165, 1.54) is 14.0 Å². The van der Waals surface area contributed by atoms with Gasteiger partial charge in [-0.1, -0.05) is 0 Å². The maximum absolute atomic E-state index is 12.7. The Labute approximate surface area is 113 Å². The number of carboxylic acid groups (broad SMARTS) is 1. The second kappa shape index (κ2) is 5.68. The molecule has 0 aromatic heterocycles. The van der Waals surface area contributed by atoms with Crippen molar-refractivity contribution < 1.29 is 32.7 Å². The zero-order chi connectivity index (χ0) is 15.7. The monoisotopic (exact) mass is 296 g/mol. The van der Waals surface area contributed by atoms with Crippen molar-refractivity contribution in [2.75, 3.05) is 26.7 Å². The van der Waals surface area contributed by atoms with Crippen molar-refractivity contribution in [1.29, 1.82) is 0 Å². The number of nitrogens with zero attached hydrogens (tertiary/aromatic N) is 2. The summed E-state index contributed by atoms with van der Waals surface area (Å²) in [5.41, 5.74) is 0. The normalized spacial score (nSPS) is 22.8. The van der Waals surface area contributed by atoms with Gasteiger partial charge in [-0.05, 0) is 0 Å². The number of alkyl halides is 3. The van der Waals surface area contributed by atoms with Crippen molar-refractivity contribution in [3.8, 4) is 0 Å². The lowest BCUT2D eigenvalue weighted by Gasteiger charge is -2.21. The van der Waals surface area contributed by atoms with Gasteiger partial charge in [-0.2, -0.15) is 13.2 Å². The van der Waals surface area contributed by atoms with E-state index in [1.807, 2.05) is 0 Å². The van der Waals surface area contributed by atoms with Crippen LogP contribution in [0.5, 0.6) is 0 Å². The summed E-state index contributed by atoms with van der Waals surface area (Å²) in [6.07, 6.45) is -4.68. The first-order valence-electron chi connectivity index (χ1n) is 5.83. The summed E-state index contributed by atoms with van der Waals surface area (Å²) in [6, 6.07) is 0. The molecule has 0 radical (unpaired) electrons. The predicted molar refractivity (Wildman–Crippen MR) is 60.6 cm³/mol. The minimum atomic E-state index is -4.68. The Morgan fingerprint density at radius 2 is 1.85 bits per heavy atom. The fourth-order valence-electron chi connectivity index (χ4n) is 2.00. The molecule has 0 aromatic rings. The van der Waals surface area contributed by atoms with E-state index in [4.69, 9.17) is 5.11 Å². The van der Waals surface area contributed by atoms with Crippen LogP contribution in [0.3, 0.4) is 0 Å². The van der Waals surface area contributed by atoms with Crippen molar-refractivity contribution >= 4 is 17.8 Å². The van der Waals surface area contributed by atoms with Gasteiger partial charge in [0.2, 0.25) is 11.8 Å². The molecule has 2 amide bonds. The Morgan fingerprint density at radius 3 is 2.20 bits per heavy atom. The summed E-state index contributed by atoms with van der Waals surface area (Å²) in [4.78, 5) is 35.5. The Bertz CT molecular complexity index is 424. The van der Waals surface area contributed by atoms with Gasteiger partial charge in [0.05, 0.1) is 18.4 Å². The molecule has 1 aliphatic rings. The predicted octanol–water partition coefficient (Wildman–Crippen LogP) is 0.186. The highest BCUT2D eigenvalue weighted by Crippen LogP contribution is 2.37. The molecule has 114 valence electrons. The Morgan fingerprint density at radius 1 is 1.30 bits per heavy atom. The number of carboxylic acids is 1. The minimum absolute atomic E-state index is 0.369. The van der Waals surface area contributed by atoms with E-state index < -0.39 is 48.9 Å². The first-order chi connectivity index (χ1) is 9.04. The van der Waals surface area contributed by atoms with E-state index in [1.54, 1.807) is 0 Å². The lowest BCUT2D eigenvalue weighted by molar-refractivity contribution is -0.188. The number of amides is 2. The molecule has 1 fully saturated rings. The Balaban J connectivity index is 2.78. The SMILES string of the molecule is CC(=O)N(C)CC(=O)N1C[C@@H](C(F)(F)F)[C@H](C(=O)O)C1. The second-order valence-electron chi connectivity index (χ2n) is 4.77. The third kappa shape index (κ3) is 3.61. The van der Waals surface area contributed by atoms with E-state index in [9.17, 15) is 27.6 Å². The van der Waals surface area contributed by atoms with Crippen molar-refractivity contribution in [3.05, 3.63) is 0 Å². The molecule has 6 nitrogen and oxygen atoms in total. The summed E-state index contributed by atoms with van der Waals surface area (Å²) < 4.78 is 38.2. The molecule has 1 saturated heterocycles. The zero-order valence-electron chi connectivity index (χ0n) is 11.0. The zero-order valence-corrected chi connectivity index (χ0v) is 11.0. The summed E-state index contributed by atoms with van der Waals surface area (Å²) in [5, 5.41) is 8.81.